The lowest BCUT2D eigenvalue weighted by molar-refractivity contribution is 0.757. The Morgan fingerprint density at radius 2 is 2.40 bits per heavy atom. The van der Waals surface area contributed by atoms with Crippen LogP contribution in [0.15, 0.2) is 11.9 Å². The van der Waals surface area contributed by atoms with Crippen LogP contribution < -0.4 is 0 Å². The molecule has 1 aromatic heterocycles. The monoisotopic (exact) mass is 135 g/mol. The normalized spacial score (nSPS) is 16.3. The molecule has 1 aliphatic heterocycles. The Labute approximate surface area is 59.4 Å². The van der Waals surface area contributed by atoms with Gasteiger partial charge in [-0.1, -0.05) is 5.57 Å². The van der Waals surface area contributed by atoms with Gasteiger partial charge in [-0.05, 0) is 13.3 Å². The van der Waals surface area contributed by atoms with Gasteiger partial charge >= 0.3 is 0 Å². The van der Waals surface area contributed by atoms with Crippen molar-refractivity contribution < 1.29 is 0 Å². The van der Waals surface area contributed by atoms with Crippen LogP contribution in [0.25, 0.3) is 6.20 Å². The van der Waals surface area contributed by atoms with Gasteiger partial charge in [-0.25, -0.2) is 9.67 Å². The standard InChI is InChI=1S/C7H9N3/c1-6-2-3-7-8-5-9-10(7)4-6/h4-5H,2-3H2,1H3. The lowest BCUT2D eigenvalue weighted by Crippen LogP contribution is -2.04. The Bertz CT molecular complexity index is 272. The summed E-state index contributed by atoms with van der Waals surface area (Å²) < 4.78 is 1.85. The van der Waals surface area contributed by atoms with Crippen molar-refractivity contribution in [2.24, 2.45) is 0 Å². The Hall–Kier alpha value is -1.12. The lowest BCUT2D eigenvalue weighted by atomic mass is 10.1. The molecule has 0 atom stereocenters. The molecule has 0 N–H and O–H groups in total. The van der Waals surface area contributed by atoms with Crippen LogP contribution in [0.2, 0.25) is 0 Å². The molecule has 0 unspecified atom stereocenters. The molecule has 0 radical (unpaired) electrons. The molecular formula is C7H9N3. The fourth-order valence-electron chi connectivity index (χ4n) is 1.14. The fourth-order valence-corrected chi connectivity index (χ4v) is 1.14. The second-order valence-electron chi connectivity index (χ2n) is 2.60. The molecule has 1 aromatic rings. The van der Waals surface area contributed by atoms with E-state index in [0.29, 0.717) is 0 Å². The summed E-state index contributed by atoms with van der Waals surface area (Å²) in [6.45, 7) is 2.12. The van der Waals surface area contributed by atoms with E-state index in [1.165, 1.54) is 5.57 Å². The number of nitrogens with zero attached hydrogens (tertiary/aromatic N) is 3. The minimum absolute atomic E-state index is 1.03. The molecule has 2 rings (SSSR count). The highest BCUT2D eigenvalue weighted by molar-refractivity contribution is 5.32. The zero-order chi connectivity index (χ0) is 6.97. The first kappa shape index (κ1) is 5.65. The van der Waals surface area contributed by atoms with Crippen molar-refractivity contribution >= 4 is 6.20 Å². The van der Waals surface area contributed by atoms with Crippen LogP contribution in [0.1, 0.15) is 19.2 Å². The molecule has 52 valence electrons. The topological polar surface area (TPSA) is 30.7 Å². The van der Waals surface area contributed by atoms with Crippen LogP contribution in [0, 0.1) is 0 Å². The Kier molecular flexibility index (Phi) is 1.09. The molecule has 0 saturated heterocycles. The van der Waals surface area contributed by atoms with Gasteiger partial charge in [-0.15, -0.1) is 0 Å². The van der Waals surface area contributed by atoms with Crippen molar-refractivity contribution in [3.63, 3.8) is 0 Å². The average molecular weight is 135 g/mol. The molecule has 3 nitrogen and oxygen atoms in total. The summed E-state index contributed by atoms with van der Waals surface area (Å²) in [5.74, 6) is 1.07. The van der Waals surface area contributed by atoms with E-state index in [1.807, 2.05) is 10.9 Å². The van der Waals surface area contributed by atoms with Gasteiger partial charge < -0.3 is 0 Å². The van der Waals surface area contributed by atoms with Crippen molar-refractivity contribution in [3.05, 3.63) is 17.7 Å². The van der Waals surface area contributed by atoms with E-state index in [-0.39, 0.29) is 0 Å². The molecule has 0 aromatic carbocycles. The molecule has 0 fully saturated rings. The maximum Gasteiger partial charge on any atom is 0.138 e. The third kappa shape index (κ3) is 0.744. The largest absolute Gasteiger partial charge is 0.225 e. The summed E-state index contributed by atoms with van der Waals surface area (Å²) in [4.78, 5) is 4.10. The number of aromatic nitrogens is 3. The number of rotatable bonds is 0. The van der Waals surface area contributed by atoms with Gasteiger partial charge in [0.25, 0.3) is 0 Å². The fraction of sp³-hybridized carbons (Fsp3) is 0.429. The molecular weight excluding hydrogens is 126 g/mol. The molecule has 0 saturated carbocycles. The van der Waals surface area contributed by atoms with Crippen LogP contribution in [0.5, 0.6) is 0 Å². The van der Waals surface area contributed by atoms with Crippen LogP contribution in [0.3, 0.4) is 0 Å². The van der Waals surface area contributed by atoms with E-state index in [9.17, 15) is 0 Å². The number of aryl methyl sites for hydroxylation is 1. The zero-order valence-corrected chi connectivity index (χ0v) is 5.91. The first-order valence-corrected chi connectivity index (χ1v) is 3.42. The van der Waals surface area contributed by atoms with E-state index < -0.39 is 0 Å². The van der Waals surface area contributed by atoms with Crippen molar-refractivity contribution in [2.45, 2.75) is 19.8 Å². The predicted octanol–water partition coefficient (Wildman–Crippen LogP) is 1.09. The number of hydrogen-bond donors (Lipinski definition) is 0. The molecule has 0 bridgehead atoms. The molecule has 0 aliphatic carbocycles. The molecule has 2 heterocycles. The highest BCUT2D eigenvalue weighted by atomic mass is 15.3. The van der Waals surface area contributed by atoms with E-state index in [2.05, 4.69) is 17.0 Å². The number of allylic oxidation sites excluding steroid dienone is 1. The summed E-state index contributed by atoms with van der Waals surface area (Å²) >= 11 is 0. The van der Waals surface area contributed by atoms with Gasteiger partial charge in [0.15, 0.2) is 0 Å². The highest BCUT2D eigenvalue weighted by Gasteiger charge is 2.07. The van der Waals surface area contributed by atoms with Gasteiger partial charge in [0.1, 0.15) is 12.2 Å². The summed E-state index contributed by atoms with van der Waals surface area (Å²) in [7, 11) is 0. The van der Waals surface area contributed by atoms with Gasteiger partial charge in [0.2, 0.25) is 0 Å². The van der Waals surface area contributed by atoms with Crippen molar-refractivity contribution in [1.82, 2.24) is 14.8 Å². The van der Waals surface area contributed by atoms with E-state index in [0.717, 1.165) is 18.7 Å². The maximum atomic E-state index is 4.10. The van der Waals surface area contributed by atoms with Gasteiger partial charge in [-0.2, -0.15) is 5.10 Å². The third-order valence-electron chi connectivity index (χ3n) is 1.73. The first-order chi connectivity index (χ1) is 4.86. The SMILES string of the molecule is CC1=Cn2ncnc2CC1. The lowest BCUT2D eigenvalue weighted by Gasteiger charge is -2.08. The first-order valence-electron chi connectivity index (χ1n) is 3.42. The third-order valence-corrected chi connectivity index (χ3v) is 1.73. The summed E-state index contributed by atoms with van der Waals surface area (Å²) in [6, 6.07) is 0. The van der Waals surface area contributed by atoms with Gasteiger partial charge in [0, 0.05) is 12.6 Å². The maximum absolute atomic E-state index is 4.10. The van der Waals surface area contributed by atoms with E-state index in [4.69, 9.17) is 0 Å². The van der Waals surface area contributed by atoms with Crippen molar-refractivity contribution in [2.75, 3.05) is 0 Å². The minimum Gasteiger partial charge on any atom is -0.225 e. The Balaban J connectivity index is 2.50. The molecule has 0 amide bonds. The molecule has 1 aliphatic rings. The summed E-state index contributed by atoms with van der Waals surface area (Å²) in [5.41, 5.74) is 1.37. The summed E-state index contributed by atoms with van der Waals surface area (Å²) in [5, 5.41) is 4.04. The second kappa shape index (κ2) is 1.94. The van der Waals surface area contributed by atoms with Crippen molar-refractivity contribution in [1.29, 1.82) is 0 Å². The quantitative estimate of drug-likeness (QED) is 0.533. The zero-order valence-electron chi connectivity index (χ0n) is 5.91. The second-order valence-corrected chi connectivity index (χ2v) is 2.60. The number of fused-ring (bicyclic) bond motifs is 1. The van der Waals surface area contributed by atoms with E-state index >= 15 is 0 Å². The van der Waals surface area contributed by atoms with Gasteiger partial charge in [0.05, 0.1) is 0 Å². The van der Waals surface area contributed by atoms with Crippen LogP contribution in [0.4, 0.5) is 0 Å². The Morgan fingerprint density at radius 1 is 1.50 bits per heavy atom. The molecule has 3 heteroatoms. The average Bonchev–Trinajstić information content (AvgIpc) is 2.33. The Morgan fingerprint density at radius 3 is 3.30 bits per heavy atom. The minimum atomic E-state index is 1.03. The molecule has 0 spiro atoms. The van der Waals surface area contributed by atoms with Gasteiger partial charge in [-0.3, -0.25) is 0 Å². The number of hydrogen-bond acceptors (Lipinski definition) is 2. The predicted molar refractivity (Wildman–Crippen MR) is 38.3 cm³/mol. The van der Waals surface area contributed by atoms with E-state index in [1.54, 1.807) is 6.33 Å². The van der Waals surface area contributed by atoms with Crippen LogP contribution in [-0.2, 0) is 6.42 Å². The van der Waals surface area contributed by atoms with Crippen LogP contribution in [-0.4, -0.2) is 14.8 Å². The molecule has 10 heavy (non-hydrogen) atoms. The van der Waals surface area contributed by atoms with Crippen LogP contribution >= 0.6 is 0 Å². The highest BCUT2D eigenvalue weighted by Crippen LogP contribution is 2.13. The summed E-state index contributed by atoms with van der Waals surface area (Å²) in [6.07, 6.45) is 5.79. The van der Waals surface area contributed by atoms with Crippen molar-refractivity contribution in [3.8, 4) is 0 Å². The smallest absolute Gasteiger partial charge is 0.138 e.